The molecule has 0 N–H and O–H groups in total. The highest BCUT2D eigenvalue weighted by atomic mass is 32.2. The molecule has 0 saturated heterocycles. The van der Waals surface area contributed by atoms with Crippen LogP contribution in [-0.2, 0) is 0 Å². The van der Waals surface area contributed by atoms with E-state index in [1.165, 1.54) is 19.1 Å². The van der Waals surface area contributed by atoms with Crippen LogP contribution in [0.4, 0.5) is 0 Å². The number of nitriles is 1. The summed E-state index contributed by atoms with van der Waals surface area (Å²) >= 11 is 5.21. The van der Waals surface area contributed by atoms with Crippen molar-refractivity contribution in [2.45, 2.75) is 20.8 Å². The molecule has 2 aliphatic heterocycles. The standard InChI is InChI=1S/C11H12N2S3/c1-6-9(5-12)16-10(13(6)4)11-14-7(2)8(3)15-11/h1-4H3. The highest BCUT2D eigenvalue weighted by molar-refractivity contribution is 8.29. The van der Waals surface area contributed by atoms with E-state index in [4.69, 9.17) is 5.26 Å². The van der Waals surface area contributed by atoms with E-state index >= 15 is 0 Å². The maximum absolute atomic E-state index is 9.02. The van der Waals surface area contributed by atoms with Gasteiger partial charge >= 0.3 is 0 Å². The Bertz CT molecular complexity index is 464. The third-order valence-corrected chi connectivity index (χ3v) is 6.73. The number of allylic oxidation sites excluding steroid dienone is 4. The Morgan fingerprint density at radius 3 is 2.06 bits per heavy atom. The molecule has 0 aromatic heterocycles. The lowest BCUT2D eigenvalue weighted by molar-refractivity contribution is 0.565. The van der Waals surface area contributed by atoms with Crippen molar-refractivity contribution in [3.05, 3.63) is 29.7 Å². The fourth-order valence-electron chi connectivity index (χ4n) is 1.36. The lowest BCUT2D eigenvalue weighted by Gasteiger charge is -2.15. The van der Waals surface area contributed by atoms with Gasteiger partial charge in [-0.05, 0) is 30.6 Å². The molecule has 0 fully saturated rings. The third-order valence-electron chi connectivity index (χ3n) is 2.60. The van der Waals surface area contributed by atoms with Crippen molar-refractivity contribution in [1.29, 1.82) is 5.26 Å². The summed E-state index contributed by atoms with van der Waals surface area (Å²) in [7, 11) is 2.03. The van der Waals surface area contributed by atoms with Gasteiger partial charge < -0.3 is 4.90 Å². The molecule has 0 amide bonds. The van der Waals surface area contributed by atoms with Crippen molar-refractivity contribution in [3.63, 3.8) is 0 Å². The second kappa shape index (κ2) is 4.44. The maximum atomic E-state index is 9.02. The minimum Gasteiger partial charge on any atom is -0.340 e. The minimum absolute atomic E-state index is 0.813. The predicted molar refractivity (Wildman–Crippen MR) is 74.2 cm³/mol. The van der Waals surface area contributed by atoms with Crippen LogP contribution in [0.3, 0.4) is 0 Å². The minimum atomic E-state index is 0.813. The molecular formula is C11H12N2S3. The van der Waals surface area contributed by atoms with Crippen LogP contribution < -0.4 is 0 Å². The summed E-state index contributed by atoms with van der Waals surface area (Å²) in [6, 6.07) is 2.25. The normalized spacial score (nSPS) is 21.3. The molecule has 0 radical (unpaired) electrons. The monoisotopic (exact) mass is 268 g/mol. The van der Waals surface area contributed by atoms with Crippen molar-refractivity contribution in [3.8, 4) is 6.07 Å². The van der Waals surface area contributed by atoms with Crippen molar-refractivity contribution in [1.82, 2.24) is 4.90 Å². The van der Waals surface area contributed by atoms with Gasteiger partial charge in [-0.3, -0.25) is 0 Å². The number of rotatable bonds is 0. The van der Waals surface area contributed by atoms with Crippen molar-refractivity contribution in [2.24, 2.45) is 0 Å². The van der Waals surface area contributed by atoms with Crippen molar-refractivity contribution >= 4 is 35.3 Å². The lowest BCUT2D eigenvalue weighted by atomic mass is 10.4. The number of nitrogens with zero attached hydrogens (tertiary/aromatic N) is 2. The van der Waals surface area contributed by atoms with Crippen LogP contribution >= 0.6 is 35.3 Å². The Hall–Kier alpha value is -0.440. The first-order chi connectivity index (χ1) is 7.54. The van der Waals surface area contributed by atoms with E-state index in [9.17, 15) is 0 Å². The van der Waals surface area contributed by atoms with Gasteiger partial charge in [-0.15, -0.1) is 0 Å². The van der Waals surface area contributed by atoms with Gasteiger partial charge in [0, 0.05) is 12.7 Å². The van der Waals surface area contributed by atoms with Gasteiger partial charge in [-0.25, -0.2) is 0 Å². The molecule has 0 unspecified atom stereocenters. The van der Waals surface area contributed by atoms with Crippen LogP contribution in [0.25, 0.3) is 0 Å². The zero-order valence-corrected chi connectivity index (χ0v) is 12.1. The number of hydrogen-bond acceptors (Lipinski definition) is 5. The van der Waals surface area contributed by atoms with Gasteiger partial charge in [0.1, 0.15) is 16.0 Å². The molecule has 5 heteroatoms. The molecule has 0 aromatic carbocycles. The van der Waals surface area contributed by atoms with Crippen LogP contribution in [0.15, 0.2) is 29.7 Å². The Kier molecular flexibility index (Phi) is 3.34. The molecule has 0 aliphatic carbocycles. The molecule has 2 rings (SSSR count). The predicted octanol–water partition coefficient (Wildman–Crippen LogP) is 4.28. The van der Waals surface area contributed by atoms with E-state index < -0.39 is 0 Å². The first-order valence-electron chi connectivity index (χ1n) is 4.84. The van der Waals surface area contributed by atoms with Gasteiger partial charge in [0.15, 0.2) is 0 Å². The molecule has 2 nitrogen and oxygen atoms in total. The maximum Gasteiger partial charge on any atom is 0.110 e. The molecule has 2 heterocycles. The molecule has 0 aromatic rings. The Morgan fingerprint density at radius 2 is 1.62 bits per heavy atom. The van der Waals surface area contributed by atoms with Crippen molar-refractivity contribution in [2.75, 3.05) is 7.05 Å². The summed E-state index contributed by atoms with van der Waals surface area (Å²) < 4.78 is 1.30. The van der Waals surface area contributed by atoms with Gasteiger partial charge in [0.2, 0.25) is 0 Å². The summed E-state index contributed by atoms with van der Waals surface area (Å²) in [5.41, 5.74) is 1.05. The summed E-state index contributed by atoms with van der Waals surface area (Å²) in [5.74, 6) is 0. The Morgan fingerprint density at radius 1 is 1.06 bits per heavy atom. The number of hydrogen-bond donors (Lipinski definition) is 0. The first kappa shape index (κ1) is 12.0. The van der Waals surface area contributed by atoms with E-state index in [0.717, 1.165) is 10.6 Å². The third kappa shape index (κ3) is 1.90. The topological polar surface area (TPSA) is 27.0 Å². The van der Waals surface area contributed by atoms with Gasteiger partial charge in [0.25, 0.3) is 0 Å². The molecule has 0 bridgehead atoms. The average Bonchev–Trinajstić information content (AvgIpc) is 2.72. The molecule has 2 aliphatic rings. The quantitative estimate of drug-likeness (QED) is 0.653. The molecule has 16 heavy (non-hydrogen) atoms. The van der Waals surface area contributed by atoms with E-state index in [0.29, 0.717) is 0 Å². The largest absolute Gasteiger partial charge is 0.340 e. The van der Waals surface area contributed by atoms with Crippen LogP contribution in [-0.4, -0.2) is 11.9 Å². The highest BCUT2D eigenvalue weighted by Crippen LogP contribution is 2.55. The van der Waals surface area contributed by atoms with Crippen molar-refractivity contribution < 1.29 is 0 Å². The summed E-state index contributed by atoms with van der Waals surface area (Å²) in [4.78, 5) is 5.66. The highest BCUT2D eigenvalue weighted by Gasteiger charge is 2.28. The van der Waals surface area contributed by atoms with E-state index in [1.807, 2.05) is 37.5 Å². The Balaban J connectivity index is 2.29. The van der Waals surface area contributed by atoms with Crippen LogP contribution in [0.5, 0.6) is 0 Å². The van der Waals surface area contributed by atoms with E-state index in [2.05, 4.69) is 24.8 Å². The smallest absolute Gasteiger partial charge is 0.110 e. The molecule has 0 spiro atoms. The summed E-state index contributed by atoms with van der Waals surface area (Å²) in [5, 5.41) is 10.2. The summed E-state index contributed by atoms with van der Waals surface area (Å²) in [6.07, 6.45) is 0. The van der Waals surface area contributed by atoms with Crippen LogP contribution in [0.1, 0.15) is 20.8 Å². The molecular weight excluding hydrogens is 256 g/mol. The number of thioether (sulfide) groups is 3. The van der Waals surface area contributed by atoms with E-state index in [-0.39, 0.29) is 0 Å². The average molecular weight is 268 g/mol. The molecule has 0 saturated carbocycles. The lowest BCUT2D eigenvalue weighted by Crippen LogP contribution is -2.09. The zero-order valence-electron chi connectivity index (χ0n) is 9.62. The van der Waals surface area contributed by atoms with Gasteiger partial charge in [-0.1, -0.05) is 35.3 Å². The summed E-state index contributed by atoms with van der Waals surface area (Å²) in [6.45, 7) is 6.29. The Labute approximate surface area is 109 Å². The fourth-order valence-corrected chi connectivity index (χ4v) is 5.20. The second-order valence-corrected chi connectivity index (χ2v) is 7.30. The fraction of sp³-hybridized carbons (Fsp3) is 0.364. The SMILES string of the molecule is CC1=C(C)SC(=C2SC(C#N)=C(C)N2C)S1. The van der Waals surface area contributed by atoms with Crippen LogP contribution in [0.2, 0.25) is 0 Å². The van der Waals surface area contributed by atoms with Gasteiger partial charge in [-0.2, -0.15) is 5.26 Å². The first-order valence-corrected chi connectivity index (χ1v) is 7.29. The molecule has 0 atom stereocenters. The molecule has 84 valence electrons. The zero-order chi connectivity index (χ0) is 11.9. The van der Waals surface area contributed by atoms with Crippen LogP contribution in [0, 0.1) is 11.3 Å². The van der Waals surface area contributed by atoms with Gasteiger partial charge in [0.05, 0.1) is 4.24 Å². The van der Waals surface area contributed by atoms with E-state index in [1.54, 1.807) is 11.8 Å². The second-order valence-electron chi connectivity index (χ2n) is 3.60.